The lowest BCUT2D eigenvalue weighted by Crippen LogP contribution is -2.73. The summed E-state index contributed by atoms with van der Waals surface area (Å²) in [4.78, 5) is 14.9. The number of hydrogen-bond donors (Lipinski definition) is 3. The van der Waals surface area contributed by atoms with Crippen molar-refractivity contribution in [2.45, 2.75) is 68.6 Å². The predicted molar refractivity (Wildman–Crippen MR) is 95.9 cm³/mol. The number of ketones is 1. The van der Waals surface area contributed by atoms with Crippen molar-refractivity contribution in [2.24, 2.45) is 5.92 Å². The number of fused-ring (bicyclic) bond motifs is 1. The van der Waals surface area contributed by atoms with Gasteiger partial charge in [-0.3, -0.25) is 9.69 Å². The van der Waals surface area contributed by atoms with Gasteiger partial charge in [0.25, 0.3) is 0 Å². The Morgan fingerprint density at radius 3 is 2.77 bits per heavy atom. The number of carbonyl (C=O) groups is 1. The van der Waals surface area contributed by atoms with Crippen LogP contribution in [0.2, 0.25) is 0 Å². The number of aliphatic hydroxyl groups excluding tert-OH is 1. The van der Waals surface area contributed by atoms with E-state index >= 15 is 0 Å². The molecule has 3 N–H and O–H groups in total. The van der Waals surface area contributed by atoms with E-state index in [9.17, 15) is 20.1 Å². The Bertz CT molecular complexity index is 774. The molecule has 5 rings (SSSR count). The van der Waals surface area contributed by atoms with Crippen LogP contribution in [-0.2, 0) is 23.2 Å². The minimum absolute atomic E-state index is 0.0110. The van der Waals surface area contributed by atoms with Crippen molar-refractivity contribution < 1.29 is 20.1 Å². The Morgan fingerprint density at radius 1 is 1.23 bits per heavy atom. The molecule has 0 spiro atoms. The second-order valence-corrected chi connectivity index (χ2v) is 8.90. The molecule has 3 fully saturated rings. The molecule has 1 saturated heterocycles. The minimum atomic E-state index is -0.980. The summed E-state index contributed by atoms with van der Waals surface area (Å²) in [6, 6.07) is 3.77. The molecule has 1 aromatic carbocycles. The van der Waals surface area contributed by atoms with E-state index in [1.165, 1.54) is 12.8 Å². The number of hydrogen-bond acceptors (Lipinski definition) is 5. The Labute approximate surface area is 153 Å². The van der Waals surface area contributed by atoms with Crippen LogP contribution in [0.3, 0.4) is 0 Å². The summed E-state index contributed by atoms with van der Waals surface area (Å²) in [5, 5.41) is 32.5. The Balaban J connectivity index is 1.68. The van der Waals surface area contributed by atoms with Crippen LogP contribution in [0.15, 0.2) is 12.1 Å². The zero-order valence-corrected chi connectivity index (χ0v) is 15.1. The fourth-order valence-electron chi connectivity index (χ4n) is 6.02. The second-order valence-electron chi connectivity index (χ2n) is 8.90. The van der Waals surface area contributed by atoms with E-state index in [0.717, 1.165) is 30.1 Å². The quantitative estimate of drug-likeness (QED) is 0.766. The average molecular weight is 357 g/mol. The number of benzene rings is 1. The molecule has 2 bridgehead atoms. The molecule has 4 aliphatic rings. The van der Waals surface area contributed by atoms with Crippen molar-refractivity contribution in [1.82, 2.24) is 4.90 Å². The molecule has 0 amide bonds. The van der Waals surface area contributed by atoms with Crippen LogP contribution in [0.4, 0.5) is 0 Å². The fourth-order valence-corrected chi connectivity index (χ4v) is 6.02. The highest BCUT2D eigenvalue weighted by Crippen LogP contribution is 2.60. The number of aromatic hydroxyl groups is 1. The Morgan fingerprint density at radius 2 is 2.04 bits per heavy atom. The lowest BCUT2D eigenvalue weighted by molar-refractivity contribution is -0.173. The smallest absolute Gasteiger partial charge is 0.134 e. The number of rotatable bonds is 3. The van der Waals surface area contributed by atoms with Gasteiger partial charge in [0.1, 0.15) is 11.5 Å². The summed E-state index contributed by atoms with van der Waals surface area (Å²) in [6.07, 6.45) is 5.14. The maximum Gasteiger partial charge on any atom is 0.134 e. The monoisotopic (exact) mass is 357 g/mol. The fraction of sp³-hybridized carbons (Fsp3) is 0.667. The number of phenols is 1. The van der Waals surface area contributed by atoms with Gasteiger partial charge in [0.15, 0.2) is 0 Å². The lowest BCUT2D eigenvalue weighted by Gasteiger charge is -2.63. The first-order valence-electron chi connectivity index (χ1n) is 9.92. The third-order valence-electron chi connectivity index (χ3n) is 7.53. The predicted octanol–water partition coefficient (Wildman–Crippen LogP) is 1.65. The van der Waals surface area contributed by atoms with Gasteiger partial charge in [-0.05, 0) is 50.1 Å². The molecule has 140 valence electrons. The molecule has 2 unspecified atom stereocenters. The van der Waals surface area contributed by atoms with E-state index in [1.807, 2.05) is 6.07 Å². The van der Waals surface area contributed by atoms with E-state index < -0.39 is 11.0 Å². The molecule has 0 radical (unpaired) electrons. The van der Waals surface area contributed by atoms with E-state index in [4.69, 9.17) is 0 Å². The zero-order valence-electron chi connectivity index (χ0n) is 15.1. The second kappa shape index (κ2) is 5.54. The largest absolute Gasteiger partial charge is 0.507 e. The molecule has 2 saturated carbocycles. The number of piperidine rings is 1. The summed E-state index contributed by atoms with van der Waals surface area (Å²) in [7, 11) is 0. The van der Waals surface area contributed by atoms with E-state index in [2.05, 4.69) is 4.90 Å². The normalized spacial score (nSPS) is 36.5. The van der Waals surface area contributed by atoms with Crippen LogP contribution in [0.5, 0.6) is 5.75 Å². The van der Waals surface area contributed by atoms with Crippen LogP contribution in [0, 0.1) is 5.92 Å². The van der Waals surface area contributed by atoms with Crippen LogP contribution in [0.1, 0.15) is 55.2 Å². The van der Waals surface area contributed by atoms with Gasteiger partial charge in [-0.2, -0.15) is 0 Å². The molecular weight excluding hydrogens is 330 g/mol. The van der Waals surface area contributed by atoms with Gasteiger partial charge in [0.2, 0.25) is 0 Å². The molecule has 1 aromatic rings. The van der Waals surface area contributed by atoms with Gasteiger partial charge >= 0.3 is 0 Å². The molecule has 5 heteroatoms. The van der Waals surface area contributed by atoms with Gasteiger partial charge in [-0.15, -0.1) is 0 Å². The topological polar surface area (TPSA) is 81.0 Å². The molecule has 5 nitrogen and oxygen atoms in total. The zero-order chi connectivity index (χ0) is 18.1. The third-order valence-corrected chi connectivity index (χ3v) is 7.53. The minimum Gasteiger partial charge on any atom is -0.507 e. The molecule has 3 aliphatic carbocycles. The van der Waals surface area contributed by atoms with Gasteiger partial charge in [-0.25, -0.2) is 0 Å². The Hall–Kier alpha value is -1.43. The van der Waals surface area contributed by atoms with Crippen LogP contribution >= 0.6 is 0 Å². The highest BCUT2D eigenvalue weighted by molar-refractivity contribution is 5.83. The van der Waals surface area contributed by atoms with Crippen molar-refractivity contribution >= 4 is 5.78 Å². The summed E-state index contributed by atoms with van der Waals surface area (Å²) < 4.78 is 0. The van der Waals surface area contributed by atoms with Crippen molar-refractivity contribution in [2.75, 3.05) is 13.1 Å². The van der Waals surface area contributed by atoms with E-state index in [1.54, 1.807) is 6.07 Å². The molecule has 0 aromatic heterocycles. The average Bonchev–Trinajstić information content (AvgIpc) is 3.42. The van der Waals surface area contributed by atoms with Crippen LogP contribution in [0.25, 0.3) is 0 Å². The molecule has 1 aliphatic heterocycles. The van der Waals surface area contributed by atoms with Gasteiger partial charge in [-0.1, -0.05) is 12.1 Å². The van der Waals surface area contributed by atoms with Crippen molar-refractivity contribution in [3.63, 3.8) is 0 Å². The summed E-state index contributed by atoms with van der Waals surface area (Å²) in [5.41, 5.74) is 0.562. The number of Topliss-reactive ketones (excluding diaryl/α,β-unsaturated/α-hetero) is 1. The first-order chi connectivity index (χ1) is 12.5. The lowest BCUT2D eigenvalue weighted by atomic mass is 9.49. The third kappa shape index (κ3) is 2.11. The summed E-state index contributed by atoms with van der Waals surface area (Å²) in [6.45, 7) is 1.66. The van der Waals surface area contributed by atoms with Crippen molar-refractivity contribution in [1.29, 1.82) is 0 Å². The molecule has 26 heavy (non-hydrogen) atoms. The van der Waals surface area contributed by atoms with E-state index in [0.29, 0.717) is 37.7 Å². The number of carbonyl (C=O) groups excluding carboxylic acids is 1. The van der Waals surface area contributed by atoms with E-state index in [-0.39, 0.29) is 24.2 Å². The maximum absolute atomic E-state index is 12.4. The molecule has 3 atom stereocenters. The number of nitrogens with zero attached hydrogens (tertiary/aromatic N) is 1. The highest BCUT2D eigenvalue weighted by atomic mass is 16.3. The first-order valence-corrected chi connectivity index (χ1v) is 9.92. The molecular formula is C21H27NO4. The van der Waals surface area contributed by atoms with Crippen molar-refractivity contribution in [3.8, 4) is 5.75 Å². The maximum atomic E-state index is 12.4. The van der Waals surface area contributed by atoms with Gasteiger partial charge in [0.05, 0.1) is 12.2 Å². The SMILES string of the molecule is O=C1CC[C@@]2(O)C3Cc4ccc(CO)c(O)c4C2(CCN3CC2CC2)C1. The number of aliphatic hydroxyl groups is 2. The van der Waals surface area contributed by atoms with Gasteiger partial charge in [0, 0.05) is 42.0 Å². The van der Waals surface area contributed by atoms with Crippen LogP contribution < -0.4 is 0 Å². The van der Waals surface area contributed by atoms with Crippen molar-refractivity contribution in [3.05, 3.63) is 28.8 Å². The summed E-state index contributed by atoms with van der Waals surface area (Å²) in [5.74, 6) is 1.01. The standard InChI is InChI=1S/C21H27NO4/c23-12-15-4-3-14-9-17-21(26)6-5-16(24)10-20(21,18(14)19(15)25)7-8-22(17)11-13-1-2-13/h3-4,13,17,23,25-26H,1-2,5-12H2/t17?,20?,21-/m1/s1. The van der Waals surface area contributed by atoms with Gasteiger partial charge < -0.3 is 15.3 Å². The molecule has 1 heterocycles. The highest BCUT2D eigenvalue weighted by Gasteiger charge is 2.65. The van der Waals surface area contributed by atoms with Crippen LogP contribution in [-0.4, -0.2) is 50.7 Å². The Kier molecular flexibility index (Phi) is 3.56. The summed E-state index contributed by atoms with van der Waals surface area (Å²) >= 11 is 0. The number of likely N-dealkylation sites (tertiary alicyclic amines) is 1. The first kappa shape index (κ1) is 16.7.